The minimum atomic E-state index is 0.387. The topological polar surface area (TPSA) is 32.3 Å². The molecule has 2 fully saturated rings. The van der Waals surface area contributed by atoms with E-state index in [4.69, 9.17) is 0 Å². The van der Waals surface area contributed by atoms with Gasteiger partial charge < -0.3 is 10.2 Å². The van der Waals surface area contributed by atoms with Gasteiger partial charge in [-0.25, -0.2) is 0 Å². The summed E-state index contributed by atoms with van der Waals surface area (Å²) in [5, 5.41) is 3.43. The largest absolute Gasteiger partial charge is 0.343 e. The van der Waals surface area contributed by atoms with Crippen LogP contribution >= 0.6 is 0 Å². The summed E-state index contributed by atoms with van der Waals surface area (Å²) < 4.78 is 0. The average Bonchev–Trinajstić information content (AvgIpc) is 2.76. The van der Waals surface area contributed by atoms with Gasteiger partial charge in [0.05, 0.1) is 0 Å². The second-order valence-corrected chi connectivity index (χ2v) is 6.19. The third-order valence-corrected chi connectivity index (χ3v) is 4.90. The summed E-state index contributed by atoms with van der Waals surface area (Å²) in [5.41, 5.74) is 0. The maximum Gasteiger partial charge on any atom is 0.222 e. The lowest BCUT2D eigenvalue weighted by Gasteiger charge is -2.25. The van der Waals surface area contributed by atoms with E-state index in [0.717, 1.165) is 37.8 Å². The molecule has 18 heavy (non-hydrogen) atoms. The van der Waals surface area contributed by atoms with Crippen molar-refractivity contribution >= 4 is 5.91 Å². The van der Waals surface area contributed by atoms with Crippen LogP contribution in [0.2, 0.25) is 0 Å². The van der Waals surface area contributed by atoms with E-state index in [1.54, 1.807) is 0 Å². The van der Waals surface area contributed by atoms with Gasteiger partial charge in [0.1, 0.15) is 0 Å². The van der Waals surface area contributed by atoms with Gasteiger partial charge in [-0.1, -0.05) is 13.3 Å². The van der Waals surface area contributed by atoms with Crippen molar-refractivity contribution in [2.75, 3.05) is 20.1 Å². The predicted octanol–water partition coefficient (Wildman–Crippen LogP) is 2.41. The molecule has 0 aromatic carbocycles. The van der Waals surface area contributed by atoms with Gasteiger partial charge in [0, 0.05) is 25.6 Å². The number of nitrogens with one attached hydrogen (secondary N) is 1. The van der Waals surface area contributed by atoms with Crippen molar-refractivity contribution in [3.05, 3.63) is 0 Å². The normalized spacial score (nSPS) is 33.8. The van der Waals surface area contributed by atoms with E-state index in [0.29, 0.717) is 11.9 Å². The molecular formula is C15H28N2O. The van der Waals surface area contributed by atoms with Gasteiger partial charge in [-0.05, 0) is 51.0 Å². The van der Waals surface area contributed by atoms with E-state index >= 15 is 0 Å². The van der Waals surface area contributed by atoms with Crippen LogP contribution in [-0.4, -0.2) is 37.0 Å². The molecule has 2 aliphatic rings. The molecule has 2 rings (SSSR count). The molecule has 104 valence electrons. The first-order valence-electron chi connectivity index (χ1n) is 7.65. The van der Waals surface area contributed by atoms with Crippen molar-refractivity contribution in [3.8, 4) is 0 Å². The molecule has 3 atom stereocenters. The predicted molar refractivity (Wildman–Crippen MR) is 74.4 cm³/mol. The molecule has 0 bridgehead atoms. The minimum Gasteiger partial charge on any atom is -0.343 e. The van der Waals surface area contributed by atoms with Gasteiger partial charge in [-0.2, -0.15) is 0 Å². The molecule has 1 heterocycles. The highest BCUT2D eigenvalue weighted by atomic mass is 16.2. The Kier molecular flexibility index (Phi) is 5.04. The van der Waals surface area contributed by atoms with E-state index in [1.807, 2.05) is 0 Å². The molecule has 1 saturated heterocycles. The van der Waals surface area contributed by atoms with E-state index in [2.05, 4.69) is 24.2 Å². The summed E-state index contributed by atoms with van der Waals surface area (Å²) in [4.78, 5) is 14.1. The first-order chi connectivity index (χ1) is 8.70. The van der Waals surface area contributed by atoms with Crippen LogP contribution in [0.15, 0.2) is 0 Å². The first kappa shape index (κ1) is 13.9. The highest BCUT2D eigenvalue weighted by Gasteiger charge is 2.27. The zero-order chi connectivity index (χ0) is 13.0. The van der Waals surface area contributed by atoms with Gasteiger partial charge in [-0.3, -0.25) is 4.79 Å². The highest BCUT2D eigenvalue weighted by molar-refractivity contribution is 5.76. The van der Waals surface area contributed by atoms with Crippen LogP contribution in [-0.2, 0) is 4.79 Å². The molecule has 0 aromatic rings. The zero-order valence-corrected chi connectivity index (χ0v) is 12.0. The lowest BCUT2D eigenvalue weighted by Crippen LogP contribution is -2.35. The summed E-state index contributed by atoms with van der Waals surface area (Å²) in [5.74, 6) is 1.89. The second-order valence-electron chi connectivity index (χ2n) is 6.19. The lowest BCUT2D eigenvalue weighted by atomic mass is 9.99. The van der Waals surface area contributed by atoms with Gasteiger partial charge in [0.2, 0.25) is 5.91 Å². The Bertz CT molecular complexity index is 280. The van der Waals surface area contributed by atoms with Crippen molar-refractivity contribution in [1.82, 2.24) is 10.2 Å². The van der Waals surface area contributed by atoms with E-state index in [1.165, 1.54) is 32.1 Å². The highest BCUT2D eigenvalue weighted by Crippen LogP contribution is 2.29. The van der Waals surface area contributed by atoms with Gasteiger partial charge >= 0.3 is 0 Å². The van der Waals surface area contributed by atoms with Crippen molar-refractivity contribution in [1.29, 1.82) is 0 Å². The van der Waals surface area contributed by atoms with E-state index in [9.17, 15) is 4.79 Å². The average molecular weight is 252 g/mol. The zero-order valence-electron chi connectivity index (χ0n) is 12.0. The van der Waals surface area contributed by atoms with Gasteiger partial charge in [-0.15, -0.1) is 0 Å². The van der Waals surface area contributed by atoms with Crippen LogP contribution < -0.4 is 5.32 Å². The first-order valence-corrected chi connectivity index (χ1v) is 7.65. The van der Waals surface area contributed by atoms with E-state index in [-0.39, 0.29) is 0 Å². The maximum absolute atomic E-state index is 12.0. The Morgan fingerprint density at radius 1 is 1.28 bits per heavy atom. The number of rotatable bonds is 4. The Balaban J connectivity index is 1.79. The van der Waals surface area contributed by atoms with Gasteiger partial charge in [0.25, 0.3) is 0 Å². The van der Waals surface area contributed by atoms with Crippen LogP contribution in [0.5, 0.6) is 0 Å². The molecule has 1 amide bonds. The van der Waals surface area contributed by atoms with Crippen LogP contribution in [0.3, 0.4) is 0 Å². The molecule has 3 nitrogen and oxygen atoms in total. The molecule has 0 spiro atoms. The molecule has 1 aliphatic heterocycles. The molecule has 3 unspecified atom stereocenters. The monoisotopic (exact) mass is 252 g/mol. The molecule has 0 radical (unpaired) electrons. The Morgan fingerprint density at radius 2 is 2.11 bits per heavy atom. The standard InChI is InChI=1S/C15H28N2O/c1-12-6-7-15(18)17(10-8-12)11-9-13-4-3-5-14(13)16-2/h12-14,16H,3-11H2,1-2H3. The van der Waals surface area contributed by atoms with Gasteiger partial charge in [0.15, 0.2) is 0 Å². The summed E-state index contributed by atoms with van der Waals surface area (Å²) in [6, 6.07) is 0.686. The fourth-order valence-corrected chi connectivity index (χ4v) is 3.49. The third-order valence-electron chi connectivity index (χ3n) is 4.90. The fraction of sp³-hybridized carbons (Fsp3) is 0.933. The number of hydrogen-bond donors (Lipinski definition) is 1. The van der Waals surface area contributed by atoms with Crippen LogP contribution in [0.4, 0.5) is 0 Å². The molecule has 1 N–H and O–H groups in total. The number of carbonyl (C=O) groups excluding carboxylic acids is 1. The second kappa shape index (κ2) is 6.55. The van der Waals surface area contributed by atoms with Crippen LogP contribution in [0, 0.1) is 11.8 Å². The fourth-order valence-electron chi connectivity index (χ4n) is 3.49. The number of carbonyl (C=O) groups is 1. The number of nitrogens with zero attached hydrogens (tertiary/aromatic N) is 1. The smallest absolute Gasteiger partial charge is 0.222 e. The van der Waals surface area contributed by atoms with Crippen molar-refractivity contribution < 1.29 is 4.79 Å². The summed E-state index contributed by atoms with van der Waals surface area (Å²) in [6.07, 6.45) is 8.22. The summed E-state index contributed by atoms with van der Waals surface area (Å²) >= 11 is 0. The van der Waals surface area contributed by atoms with E-state index < -0.39 is 0 Å². The summed E-state index contributed by atoms with van der Waals surface area (Å²) in [7, 11) is 2.07. The SMILES string of the molecule is CNC1CCCC1CCN1CCC(C)CCC1=O. The van der Waals surface area contributed by atoms with Crippen molar-refractivity contribution in [3.63, 3.8) is 0 Å². The molecule has 1 saturated carbocycles. The molecular weight excluding hydrogens is 224 g/mol. The number of likely N-dealkylation sites (tertiary alicyclic amines) is 1. The minimum absolute atomic E-state index is 0.387. The Hall–Kier alpha value is -0.570. The number of amides is 1. The maximum atomic E-state index is 12.0. The Labute approximate surface area is 111 Å². The molecule has 1 aliphatic carbocycles. The van der Waals surface area contributed by atoms with Crippen LogP contribution in [0.25, 0.3) is 0 Å². The third kappa shape index (κ3) is 3.47. The van der Waals surface area contributed by atoms with Crippen molar-refractivity contribution in [2.24, 2.45) is 11.8 Å². The lowest BCUT2D eigenvalue weighted by molar-refractivity contribution is -0.130. The Morgan fingerprint density at radius 3 is 2.89 bits per heavy atom. The van der Waals surface area contributed by atoms with Crippen molar-refractivity contribution in [2.45, 2.75) is 57.9 Å². The molecule has 3 heteroatoms. The van der Waals surface area contributed by atoms with Crippen LogP contribution in [0.1, 0.15) is 51.9 Å². The summed E-state index contributed by atoms with van der Waals surface area (Å²) in [6.45, 7) is 4.23. The number of hydrogen-bond acceptors (Lipinski definition) is 2. The quantitative estimate of drug-likeness (QED) is 0.833. The molecule has 0 aromatic heterocycles.